The van der Waals surface area contributed by atoms with Crippen molar-refractivity contribution in [3.8, 4) is 0 Å². The number of halogens is 4. The maximum atomic E-state index is 12.6. The first kappa shape index (κ1) is 12.8. The highest BCUT2D eigenvalue weighted by atomic mass is 79.9. The number of nitro benzene ring substituents is 1. The van der Waals surface area contributed by atoms with Gasteiger partial charge in [-0.3, -0.25) is 10.1 Å². The van der Waals surface area contributed by atoms with Gasteiger partial charge in [-0.25, -0.2) is 0 Å². The average Bonchev–Trinajstić information content (AvgIpc) is 2.08. The number of benzene rings is 1. The fraction of sp³-hybridized carbons (Fsp3) is 0.250. The SMILES string of the molecule is Cc1cc([N+](=O)[O-])c(N)c(Br)c1C(F)(F)F. The Bertz CT molecular complexity index is 460. The highest BCUT2D eigenvalue weighted by molar-refractivity contribution is 9.10. The molecule has 2 N–H and O–H groups in total. The second-order valence-electron chi connectivity index (χ2n) is 3.07. The molecule has 0 saturated heterocycles. The quantitative estimate of drug-likeness (QED) is 0.491. The van der Waals surface area contributed by atoms with Crippen molar-refractivity contribution in [2.24, 2.45) is 0 Å². The van der Waals surface area contributed by atoms with Gasteiger partial charge in [0, 0.05) is 6.07 Å². The summed E-state index contributed by atoms with van der Waals surface area (Å²) < 4.78 is 37.2. The van der Waals surface area contributed by atoms with E-state index in [9.17, 15) is 23.3 Å². The zero-order chi connectivity index (χ0) is 12.7. The van der Waals surface area contributed by atoms with Crippen molar-refractivity contribution in [2.75, 3.05) is 5.73 Å². The minimum atomic E-state index is -4.60. The molecule has 1 aromatic carbocycles. The van der Waals surface area contributed by atoms with Gasteiger partial charge in [0.15, 0.2) is 0 Å². The zero-order valence-corrected chi connectivity index (χ0v) is 9.52. The molecule has 8 heteroatoms. The Kier molecular flexibility index (Phi) is 3.13. The van der Waals surface area contributed by atoms with Crippen molar-refractivity contribution < 1.29 is 18.1 Å². The minimum Gasteiger partial charge on any atom is -0.392 e. The summed E-state index contributed by atoms with van der Waals surface area (Å²) in [5, 5.41) is 10.5. The van der Waals surface area contributed by atoms with E-state index in [1.165, 1.54) is 0 Å². The van der Waals surface area contributed by atoms with E-state index in [2.05, 4.69) is 15.9 Å². The van der Waals surface area contributed by atoms with Crippen LogP contribution < -0.4 is 5.73 Å². The lowest BCUT2D eigenvalue weighted by Crippen LogP contribution is -2.11. The number of aryl methyl sites for hydroxylation is 1. The summed E-state index contributed by atoms with van der Waals surface area (Å²) in [5.74, 6) is 0. The third-order valence-corrected chi connectivity index (χ3v) is 2.78. The number of hydrogen-bond donors (Lipinski definition) is 1. The number of anilines is 1. The molecular weight excluding hydrogens is 293 g/mol. The van der Waals surface area contributed by atoms with Gasteiger partial charge in [-0.2, -0.15) is 13.2 Å². The molecule has 0 amide bonds. The lowest BCUT2D eigenvalue weighted by molar-refractivity contribution is -0.384. The Balaban J connectivity index is 3.59. The van der Waals surface area contributed by atoms with Crippen LogP contribution in [0.5, 0.6) is 0 Å². The second-order valence-corrected chi connectivity index (χ2v) is 3.86. The van der Waals surface area contributed by atoms with Crippen LogP contribution in [0.3, 0.4) is 0 Å². The van der Waals surface area contributed by atoms with E-state index in [1.807, 2.05) is 0 Å². The Morgan fingerprint density at radius 1 is 1.50 bits per heavy atom. The van der Waals surface area contributed by atoms with E-state index in [0.29, 0.717) is 0 Å². The Labute approximate surface area is 96.5 Å². The summed E-state index contributed by atoms with van der Waals surface area (Å²) in [6, 6.07) is 0.808. The maximum Gasteiger partial charge on any atom is 0.417 e. The molecule has 0 aromatic heterocycles. The maximum absolute atomic E-state index is 12.6. The molecule has 0 spiro atoms. The van der Waals surface area contributed by atoms with Gasteiger partial charge in [0.05, 0.1) is 15.0 Å². The summed E-state index contributed by atoms with van der Waals surface area (Å²) in [4.78, 5) is 9.68. The smallest absolute Gasteiger partial charge is 0.392 e. The summed E-state index contributed by atoms with van der Waals surface area (Å²) >= 11 is 2.64. The third-order valence-electron chi connectivity index (χ3n) is 1.96. The lowest BCUT2D eigenvalue weighted by Gasteiger charge is -2.13. The van der Waals surface area contributed by atoms with E-state index in [4.69, 9.17) is 5.73 Å². The first-order valence-corrected chi connectivity index (χ1v) is 4.75. The number of rotatable bonds is 1. The molecule has 0 aliphatic heterocycles. The Morgan fingerprint density at radius 3 is 2.38 bits per heavy atom. The number of nitrogens with zero attached hydrogens (tertiary/aromatic N) is 1. The second kappa shape index (κ2) is 3.93. The summed E-state index contributed by atoms with van der Waals surface area (Å²) in [5.41, 5.74) is 2.95. The predicted molar refractivity (Wildman–Crippen MR) is 54.9 cm³/mol. The monoisotopic (exact) mass is 298 g/mol. The molecule has 1 aromatic rings. The van der Waals surface area contributed by atoms with Crippen LogP contribution in [-0.4, -0.2) is 4.92 Å². The largest absolute Gasteiger partial charge is 0.417 e. The molecule has 1 rings (SSSR count). The molecule has 0 aliphatic rings. The standard InChI is InChI=1S/C8H6BrF3N2O2/c1-3-2-4(14(15)16)7(13)6(9)5(3)8(10,11)12/h2H,13H2,1H3. The van der Waals surface area contributed by atoms with Gasteiger partial charge in [-0.05, 0) is 28.4 Å². The van der Waals surface area contributed by atoms with Gasteiger partial charge >= 0.3 is 6.18 Å². The van der Waals surface area contributed by atoms with Crippen molar-refractivity contribution in [3.05, 3.63) is 31.8 Å². The summed E-state index contributed by atoms with van der Waals surface area (Å²) in [7, 11) is 0. The van der Waals surface area contributed by atoms with Crippen LogP contribution in [0.4, 0.5) is 24.5 Å². The number of hydrogen-bond acceptors (Lipinski definition) is 3. The van der Waals surface area contributed by atoms with Gasteiger partial charge in [0.2, 0.25) is 0 Å². The van der Waals surface area contributed by atoms with Gasteiger partial charge in [0.1, 0.15) is 5.69 Å². The van der Waals surface area contributed by atoms with Gasteiger partial charge < -0.3 is 5.73 Å². The summed E-state index contributed by atoms with van der Waals surface area (Å²) in [6.07, 6.45) is -4.60. The summed E-state index contributed by atoms with van der Waals surface area (Å²) in [6.45, 7) is 1.14. The van der Waals surface area contributed by atoms with E-state index in [-0.39, 0.29) is 5.56 Å². The van der Waals surface area contributed by atoms with Crippen LogP contribution in [0.15, 0.2) is 10.5 Å². The topological polar surface area (TPSA) is 69.2 Å². The molecule has 0 fully saturated rings. The number of alkyl halides is 3. The van der Waals surface area contributed by atoms with Crippen molar-refractivity contribution >= 4 is 27.3 Å². The third kappa shape index (κ3) is 2.11. The number of nitro groups is 1. The molecular formula is C8H6BrF3N2O2. The first-order valence-electron chi connectivity index (χ1n) is 3.96. The average molecular weight is 299 g/mol. The molecule has 0 heterocycles. The molecule has 0 radical (unpaired) electrons. The van der Waals surface area contributed by atoms with Crippen LogP contribution >= 0.6 is 15.9 Å². The molecule has 0 atom stereocenters. The molecule has 0 unspecified atom stereocenters. The fourth-order valence-electron chi connectivity index (χ4n) is 1.27. The van der Waals surface area contributed by atoms with E-state index >= 15 is 0 Å². The first-order chi connectivity index (χ1) is 7.16. The molecule has 4 nitrogen and oxygen atoms in total. The Morgan fingerprint density at radius 2 is 2.00 bits per heavy atom. The molecule has 0 saturated carbocycles. The van der Waals surface area contributed by atoms with Crippen molar-refractivity contribution in [1.29, 1.82) is 0 Å². The van der Waals surface area contributed by atoms with Crippen LogP contribution in [0.1, 0.15) is 11.1 Å². The number of nitrogens with two attached hydrogens (primary N) is 1. The van der Waals surface area contributed by atoms with Gasteiger partial charge in [-0.15, -0.1) is 0 Å². The molecule has 0 aliphatic carbocycles. The van der Waals surface area contributed by atoms with Crippen molar-refractivity contribution in [2.45, 2.75) is 13.1 Å². The molecule has 16 heavy (non-hydrogen) atoms. The van der Waals surface area contributed by atoms with E-state index in [0.717, 1.165) is 13.0 Å². The van der Waals surface area contributed by atoms with Crippen LogP contribution in [0, 0.1) is 17.0 Å². The zero-order valence-electron chi connectivity index (χ0n) is 7.93. The Hall–Kier alpha value is -1.31. The van der Waals surface area contributed by atoms with Gasteiger partial charge in [0.25, 0.3) is 5.69 Å². The fourth-order valence-corrected chi connectivity index (χ4v) is 2.01. The number of nitrogen functional groups attached to an aromatic ring is 1. The molecule has 0 bridgehead atoms. The van der Waals surface area contributed by atoms with Crippen LogP contribution in [0.2, 0.25) is 0 Å². The van der Waals surface area contributed by atoms with Gasteiger partial charge in [-0.1, -0.05) is 0 Å². The van der Waals surface area contributed by atoms with Crippen LogP contribution in [0.25, 0.3) is 0 Å². The van der Waals surface area contributed by atoms with E-state index in [1.54, 1.807) is 0 Å². The van der Waals surface area contributed by atoms with Crippen LogP contribution in [-0.2, 0) is 6.18 Å². The van der Waals surface area contributed by atoms with Crippen molar-refractivity contribution in [1.82, 2.24) is 0 Å². The normalized spacial score (nSPS) is 11.6. The predicted octanol–water partition coefficient (Wildman–Crippen LogP) is 3.27. The highest BCUT2D eigenvalue weighted by Crippen LogP contribution is 2.43. The minimum absolute atomic E-state index is 0.250. The van der Waals surface area contributed by atoms with Crippen molar-refractivity contribution in [3.63, 3.8) is 0 Å². The highest BCUT2D eigenvalue weighted by Gasteiger charge is 2.37. The lowest BCUT2D eigenvalue weighted by atomic mass is 10.1. The van der Waals surface area contributed by atoms with E-state index < -0.39 is 32.5 Å². The molecule has 88 valence electrons.